The van der Waals surface area contributed by atoms with Gasteiger partial charge in [0.2, 0.25) is 10.0 Å². The van der Waals surface area contributed by atoms with Crippen LogP contribution in [-0.2, 0) is 10.0 Å². The van der Waals surface area contributed by atoms with Crippen molar-refractivity contribution < 1.29 is 8.42 Å². The highest BCUT2D eigenvalue weighted by Crippen LogP contribution is 2.29. The van der Waals surface area contributed by atoms with Crippen molar-refractivity contribution in [3.05, 3.63) is 0 Å². The summed E-state index contributed by atoms with van der Waals surface area (Å²) >= 11 is 0. The van der Waals surface area contributed by atoms with E-state index in [2.05, 4.69) is 13.8 Å². The average Bonchev–Trinajstić information content (AvgIpc) is 1.92. The Morgan fingerprint density at radius 2 is 2.00 bits per heavy atom. The maximum atomic E-state index is 11.2. The third kappa shape index (κ3) is 2.42. The molecule has 1 aliphatic rings. The molecule has 0 amide bonds. The van der Waals surface area contributed by atoms with Gasteiger partial charge in [0.15, 0.2) is 0 Å². The van der Waals surface area contributed by atoms with Gasteiger partial charge in [0.25, 0.3) is 0 Å². The summed E-state index contributed by atoms with van der Waals surface area (Å²) in [6.45, 7) is 5.21. The van der Waals surface area contributed by atoms with Crippen molar-refractivity contribution in [3.8, 4) is 0 Å². The number of piperidine rings is 1. The lowest BCUT2D eigenvalue weighted by Crippen LogP contribution is -2.54. The minimum atomic E-state index is -3.06. The van der Waals surface area contributed by atoms with E-state index in [0.717, 1.165) is 6.42 Å². The Hall–Kier alpha value is -0.130. The monoisotopic (exact) mass is 206 g/mol. The third-order valence-electron chi connectivity index (χ3n) is 2.88. The summed E-state index contributed by atoms with van der Waals surface area (Å²) in [6, 6.07) is -0.0593. The fourth-order valence-corrected chi connectivity index (χ4v) is 2.31. The largest absolute Gasteiger partial charge is 0.326 e. The van der Waals surface area contributed by atoms with Gasteiger partial charge in [0.1, 0.15) is 0 Å². The fraction of sp³-hybridized carbons (Fsp3) is 1.00. The van der Waals surface area contributed by atoms with E-state index in [4.69, 9.17) is 5.73 Å². The smallest absolute Gasteiger partial charge is 0.211 e. The van der Waals surface area contributed by atoms with Crippen LogP contribution in [0.3, 0.4) is 0 Å². The van der Waals surface area contributed by atoms with Gasteiger partial charge in [-0.2, -0.15) is 0 Å². The standard InChI is InChI=1S/C8H18N2O2S/c1-8(2)4-5-10(6-7(8)9)13(3,11)12/h7H,4-6,9H2,1-3H3. The van der Waals surface area contributed by atoms with E-state index < -0.39 is 10.0 Å². The number of rotatable bonds is 1. The Bertz CT molecular complexity index is 285. The lowest BCUT2D eigenvalue weighted by atomic mass is 9.79. The number of hydrogen-bond acceptors (Lipinski definition) is 3. The second kappa shape index (κ2) is 3.22. The highest BCUT2D eigenvalue weighted by atomic mass is 32.2. The first-order chi connectivity index (χ1) is 5.73. The van der Waals surface area contributed by atoms with Crippen LogP contribution in [0.5, 0.6) is 0 Å². The van der Waals surface area contributed by atoms with Crippen LogP contribution >= 0.6 is 0 Å². The van der Waals surface area contributed by atoms with Crippen molar-refractivity contribution in [3.63, 3.8) is 0 Å². The molecule has 0 aromatic carbocycles. The molecular formula is C8H18N2O2S. The lowest BCUT2D eigenvalue weighted by molar-refractivity contribution is 0.162. The van der Waals surface area contributed by atoms with Gasteiger partial charge in [-0.3, -0.25) is 0 Å². The second-order valence-corrected chi connectivity index (χ2v) is 6.45. The topological polar surface area (TPSA) is 63.4 Å². The summed E-state index contributed by atoms with van der Waals surface area (Å²) in [7, 11) is -3.06. The third-order valence-corrected chi connectivity index (χ3v) is 4.15. The number of sulfonamides is 1. The average molecular weight is 206 g/mol. The van der Waals surface area contributed by atoms with E-state index in [-0.39, 0.29) is 11.5 Å². The zero-order chi connectivity index (χ0) is 10.3. The minimum Gasteiger partial charge on any atom is -0.326 e. The Morgan fingerprint density at radius 3 is 2.38 bits per heavy atom. The predicted molar refractivity (Wildman–Crippen MR) is 52.8 cm³/mol. The van der Waals surface area contributed by atoms with Gasteiger partial charge in [-0.25, -0.2) is 12.7 Å². The number of hydrogen-bond donors (Lipinski definition) is 1. The van der Waals surface area contributed by atoms with Gasteiger partial charge in [-0.15, -0.1) is 0 Å². The van der Waals surface area contributed by atoms with Crippen LogP contribution in [-0.4, -0.2) is 38.1 Å². The summed E-state index contributed by atoms with van der Waals surface area (Å²) in [5.41, 5.74) is 5.95. The molecule has 0 aromatic rings. The summed E-state index contributed by atoms with van der Waals surface area (Å²) in [5, 5.41) is 0. The van der Waals surface area contributed by atoms with Gasteiger partial charge in [0, 0.05) is 19.1 Å². The molecule has 2 N–H and O–H groups in total. The van der Waals surface area contributed by atoms with E-state index in [1.54, 1.807) is 0 Å². The maximum absolute atomic E-state index is 11.2. The molecular weight excluding hydrogens is 188 g/mol. The van der Waals surface area contributed by atoms with E-state index in [0.29, 0.717) is 13.1 Å². The van der Waals surface area contributed by atoms with Crippen LogP contribution in [0, 0.1) is 5.41 Å². The van der Waals surface area contributed by atoms with Crippen LogP contribution in [0.1, 0.15) is 20.3 Å². The first kappa shape index (κ1) is 10.9. The molecule has 5 heteroatoms. The molecule has 0 aromatic heterocycles. The highest BCUT2D eigenvalue weighted by Gasteiger charge is 2.35. The predicted octanol–water partition coefficient (Wildman–Crippen LogP) is 0.00520. The highest BCUT2D eigenvalue weighted by molar-refractivity contribution is 7.88. The van der Waals surface area contributed by atoms with Gasteiger partial charge in [0.05, 0.1) is 6.26 Å². The SMILES string of the molecule is CC1(C)CCN(S(C)(=O)=O)CC1N. The fourth-order valence-electron chi connectivity index (χ4n) is 1.46. The quantitative estimate of drug-likeness (QED) is 0.657. The van der Waals surface area contributed by atoms with Crippen molar-refractivity contribution in [1.29, 1.82) is 0 Å². The Labute approximate surface area is 80.1 Å². The molecule has 0 radical (unpaired) electrons. The van der Waals surface area contributed by atoms with Crippen molar-refractivity contribution in [2.75, 3.05) is 19.3 Å². The van der Waals surface area contributed by atoms with Crippen LogP contribution < -0.4 is 5.73 Å². The Kier molecular flexibility index (Phi) is 2.71. The van der Waals surface area contributed by atoms with Crippen molar-refractivity contribution >= 4 is 10.0 Å². The Balaban J connectivity index is 2.73. The first-order valence-electron chi connectivity index (χ1n) is 4.44. The first-order valence-corrected chi connectivity index (χ1v) is 6.29. The zero-order valence-electron chi connectivity index (χ0n) is 8.45. The molecule has 1 saturated heterocycles. The summed E-state index contributed by atoms with van der Waals surface area (Å²) in [4.78, 5) is 0. The molecule has 1 atom stereocenters. The summed E-state index contributed by atoms with van der Waals surface area (Å²) in [6.07, 6.45) is 2.07. The molecule has 0 bridgehead atoms. The molecule has 1 heterocycles. The van der Waals surface area contributed by atoms with E-state index >= 15 is 0 Å². The zero-order valence-corrected chi connectivity index (χ0v) is 9.26. The molecule has 1 aliphatic heterocycles. The number of nitrogens with zero attached hydrogens (tertiary/aromatic N) is 1. The molecule has 1 unspecified atom stereocenters. The van der Waals surface area contributed by atoms with Gasteiger partial charge >= 0.3 is 0 Å². The van der Waals surface area contributed by atoms with Crippen LogP contribution in [0.25, 0.3) is 0 Å². The van der Waals surface area contributed by atoms with Crippen molar-refractivity contribution in [1.82, 2.24) is 4.31 Å². The molecule has 0 aliphatic carbocycles. The van der Waals surface area contributed by atoms with Gasteiger partial charge in [-0.1, -0.05) is 13.8 Å². The van der Waals surface area contributed by atoms with Gasteiger partial charge in [-0.05, 0) is 11.8 Å². The molecule has 4 nitrogen and oxygen atoms in total. The summed E-state index contributed by atoms with van der Waals surface area (Å²) < 4.78 is 23.9. The molecule has 0 saturated carbocycles. The molecule has 78 valence electrons. The molecule has 1 fully saturated rings. The van der Waals surface area contributed by atoms with E-state index in [1.807, 2.05) is 0 Å². The summed E-state index contributed by atoms with van der Waals surface area (Å²) in [5.74, 6) is 0. The van der Waals surface area contributed by atoms with Crippen LogP contribution in [0.2, 0.25) is 0 Å². The van der Waals surface area contributed by atoms with Crippen molar-refractivity contribution in [2.24, 2.45) is 11.1 Å². The number of nitrogens with two attached hydrogens (primary N) is 1. The van der Waals surface area contributed by atoms with E-state index in [9.17, 15) is 8.42 Å². The second-order valence-electron chi connectivity index (χ2n) is 4.47. The molecule has 13 heavy (non-hydrogen) atoms. The normalized spacial score (nSPS) is 30.3. The Morgan fingerprint density at radius 1 is 1.46 bits per heavy atom. The maximum Gasteiger partial charge on any atom is 0.211 e. The molecule has 0 spiro atoms. The minimum absolute atomic E-state index is 0.0567. The molecule has 1 rings (SSSR count). The van der Waals surface area contributed by atoms with Crippen molar-refractivity contribution in [2.45, 2.75) is 26.3 Å². The van der Waals surface area contributed by atoms with Crippen LogP contribution in [0.15, 0.2) is 0 Å². The van der Waals surface area contributed by atoms with E-state index in [1.165, 1.54) is 10.6 Å². The lowest BCUT2D eigenvalue weighted by Gasteiger charge is -2.40. The van der Waals surface area contributed by atoms with Gasteiger partial charge < -0.3 is 5.73 Å². The van der Waals surface area contributed by atoms with Crippen LogP contribution in [0.4, 0.5) is 0 Å².